The number of rotatable bonds is 8. The molecular weight excluding hydrogens is 455 g/mol. The van der Waals surface area contributed by atoms with Gasteiger partial charge < -0.3 is 26.5 Å². The number of hydrogen-bond acceptors (Lipinski definition) is 6. The number of phenols is 1. The van der Waals surface area contributed by atoms with Gasteiger partial charge in [-0.2, -0.15) is 0 Å². The molecule has 0 radical (unpaired) electrons. The molecule has 6 N–H and O–H groups in total. The number of benzene rings is 3. The van der Waals surface area contributed by atoms with Crippen molar-refractivity contribution in [3.63, 3.8) is 0 Å². The molecule has 1 unspecified atom stereocenters. The number of hydrogen-bond donors (Lipinski definition) is 4. The average molecular weight is 476 g/mol. The first-order valence-electron chi connectivity index (χ1n) is 9.46. The molecule has 0 saturated carbocycles. The summed E-state index contributed by atoms with van der Waals surface area (Å²) in [6, 6.07) is 18.4. The van der Waals surface area contributed by atoms with Gasteiger partial charge in [0, 0.05) is 23.1 Å². The minimum atomic E-state index is -3.99. The van der Waals surface area contributed by atoms with Gasteiger partial charge in [0.15, 0.2) is 5.96 Å². The maximum atomic E-state index is 12.9. The zero-order valence-corrected chi connectivity index (χ0v) is 20.6. The Balaban J connectivity index is 0.00000385. The molecule has 3 aromatic carbocycles. The van der Waals surface area contributed by atoms with Crippen LogP contribution in [0.5, 0.6) is 5.75 Å². The number of carbonyl (C=O) groups excluding carboxylic acids is 1. The topological polar surface area (TPSA) is 171 Å². The van der Waals surface area contributed by atoms with Crippen molar-refractivity contribution < 1.29 is 53.0 Å². The van der Waals surface area contributed by atoms with Crippen molar-refractivity contribution in [2.24, 2.45) is 16.5 Å². The molecule has 9 nitrogen and oxygen atoms in total. The Labute approximate surface area is 213 Å². The second kappa shape index (κ2) is 11.2. The van der Waals surface area contributed by atoms with Crippen LogP contribution in [0, 0.1) is 0 Å². The Morgan fingerprint density at radius 3 is 2.39 bits per heavy atom. The van der Waals surface area contributed by atoms with Crippen LogP contribution in [-0.4, -0.2) is 25.5 Å². The number of carbonyl (C=O) groups is 1. The van der Waals surface area contributed by atoms with Crippen molar-refractivity contribution in [1.29, 1.82) is 0 Å². The summed E-state index contributed by atoms with van der Waals surface area (Å²) in [6.07, 6.45) is -0.395. The first kappa shape index (κ1) is 26.2. The molecule has 0 bridgehead atoms. The second-order valence-electron chi connectivity index (χ2n) is 6.95. The molecule has 3 aromatic rings. The Kier molecular flexibility index (Phi) is 8.89. The van der Waals surface area contributed by atoms with E-state index in [-0.39, 0.29) is 57.5 Å². The van der Waals surface area contributed by atoms with Crippen molar-refractivity contribution in [3.05, 3.63) is 83.9 Å². The van der Waals surface area contributed by atoms with E-state index in [0.717, 1.165) is 0 Å². The first-order valence-corrected chi connectivity index (χ1v) is 10.9. The zero-order valence-electron chi connectivity index (χ0n) is 17.8. The molecule has 11 heteroatoms. The van der Waals surface area contributed by atoms with Crippen LogP contribution >= 0.6 is 0 Å². The van der Waals surface area contributed by atoms with Crippen LogP contribution in [-0.2, 0) is 14.8 Å². The summed E-state index contributed by atoms with van der Waals surface area (Å²) in [7, 11) is -3.99. The van der Waals surface area contributed by atoms with E-state index in [1.54, 1.807) is 36.4 Å². The quantitative estimate of drug-likeness (QED) is 0.172. The van der Waals surface area contributed by atoms with Gasteiger partial charge >= 0.3 is 29.6 Å². The molecule has 0 heterocycles. The molecule has 0 aromatic heterocycles. The van der Waals surface area contributed by atoms with E-state index in [2.05, 4.69) is 9.71 Å². The number of phenolic OH excluding ortho intramolecular Hbond substituents is 1. The number of guanidine groups is 1. The van der Waals surface area contributed by atoms with Crippen LogP contribution in [0.15, 0.2) is 82.7 Å². The van der Waals surface area contributed by atoms with Crippen molar-refractivity contribution in [2.75, 3.05) is 4.72 Å². The van der Waals surface area contributed by atoms with E-state index in [9.17, 15) is 23.4 Å². The van der Waals surface area contributed by atoms with Crippen LogP contribution < -0.4 is 50.9 Å². The minimum Gasteiger partial charge on any atom is -0.550 e. The SMILES string of the molecule is NC(N)=Nc1cccc(S(=O)(=O)Nc2cccc(C(CC(=O)[O-])c3ccccc3O)c2)c1.[Na+]. The van der Waals surface area contributed by atoms with Crippen molar-refractivity contribution >= 4 is 33.3 Å². The summed E-state index contributed by atoms with van der Waals surface area (Å²) in [5.74, 6) is -2.32. The summed E-state index contributed by atoms with van der Waals surface area (Å²) >= 11 is 0. The Hall–Kier alpha value is -3.05. The maximum Gasteiger partial charge on any atom is 1.00 e. The van der Waals surface area contributed by atoms with Gasteiger partial charge in [-0.25, -0.2) is 13.4 Å². The number of carboxylic acids is 1. The van der Waals surface area contributed by atoms with Crippen molar-refractivity contribution in [1.82, 2.24) is 0 Å². The number of aliphatic carboxylic acids is 1. The number of aromatic hydroxyl groups is 1. The van der Waals surface area contributed by atoms with E-state index in [1.807, 2.05) is 0 Å². The predicted octanol–water partition coefficient (Wildman–Crippen LogP) is -1.63. The fraction of sp³-hybridized carbons (Fsp3) is 0.0909. The third-order valence-corrected chi connectivity index (χ3v) is 5.99. The number of carboxylic acid groups (broad SMARTS) is 1. The van der Waals surface area contributed by atoms with E-state index in [0.29, 0.717) is 11.1 Å². The van der Waals surface area contributed by atoms with Crippen molar-refractivity contribution in [3.8, 4) is 5.75 Å². The van der Waals surface area contributed by atoms with Gasteiger partial charge in [-0.05, 0) is 48.4 Å². The minimum absolute atomic E-state index is 0. The summed E-state index contributed by atoms with van der Waals surface area (Å²) in [6.45, 7) is 0. The Morgan fingerprint density at radius 1 is 1.03 bits per heavy atom. The Bertz CT molecular complexity index is 1280. The van der Waals surface area contributed by atoms with E-state index >= 15 is 0 Å². The molecule has 0 aliphatic carbocycles. The number of para-hydroxylation sites is 1. The number of nitrogens with zero attached hydrogens (tertiary/aromatic N) is 1. The van der Waals surface area contributed by atoms with Gasteiger partial charge in [0.1, 0.15) is 5.75 Å². The molecule has 0 fully saturated rings. The largest absolute Gasteiger partial charge is 1.00 e. The first-order chi connectivity index (χ1) is 15.2. The van der Waals surface area contributed by atoms with E-state index in [4.69, 9.17) is 11.5 Å². The molecule has 166 valence electrons. The monoisotopic (exact) mass is 476 g/mol. The number of nitrogens with one attached hydrogen (secondary N) is 1. The van der Waals surface area contributed by atoms with Gasteiger partial charge in [-0.1, -0.05) is 36.4 Å². The van der Waals surface area contributed by atoms with Crippen LogP contribution in [0.4, 0.5) is 11.4 Å². The van der Waals surface area contributed by atoms with Gasteiger partial charge in [-0.15, -0.1) is 0 Å². The molecule has 0 spiro atoms. The number of aliphatic imine (C=N–C) groups is 1. The number of nitrogens with two attached hydrogens (primary N) is 2. The molecular formula is C22H21N4NaO5S. The summed E-state index contributed by atoms with van der Waals surface area (Å²) < 4.78 is 28.2. The van der Waals surface area contributed by atoms with Crippen LogP contribution in [0.1, 0.15) is 23.5 Å². The summed E-state index contributed by atoms with van der Waals surface area (Å²) in [5.41, 5.74) is 12.1. The Morgan fingerprint density at radius 2 is 1.73 bits per heavy atom. The van der Waals surface area contributed by atoms with Crippen LogP contribution in [0.25, 0.3) is 0 Å². The van der Waals surface area contributed by atoms with E-state index < -0.39 is 28.3 Å². The normalized spacial score (nSPS) is 11.6. The molecule has 33 heavy (non-hydrogen) atoms. The van der Waals surface area contributed by atoms with Gasteiger partial charge in [0.2, 0.25) is 0 Å². The third kappa shape index (κ3) is 6.96. The maximum absolute atomic E-state index is 12.9. The predicted molar refractivity (Wildman–Crippen MR) is 119 cm³/mol. The molecule has 0 aliphatic rings. The third-order valence-electron chi connectivity index (χ3n) is 4.61. The molecule has 0 saturated heterocycles. The van der Waals surface area contributed by atoms with Crippen LogP contribution in [0.3, 0.4) is 0 Å². The number of sulfonamides is 1. The molecule has 0 amide bonds. The second-order valence-corrected chi connectivity index (χ2v) is 8.63. The standard InChI is InChI=1S/C22H22N4O5S.Na/c23-22(24)25-15-6-4-8-17(12-15)32(30,31)26-16-7-3-5-14(11-16)19(13-21(28)29)18-9-1-2-10-20(18)27;/h1-12,19,26-27H,13H2,(H,28,29)(H4,23,24,25);/q;+1/p-1. The fourth-order valence-corrected chi connectivity index (χ4v) is 4.35. The van der Waals surface area contributed by atoms with Gasteiger partial charge in [-0.3, -0.25) is 4.72 Å². The molecule has 1 atom stereocenters. The smallest absolute Gasteiger partial charge is 0.550 e. The zero-order chi connectivity index (χ0) is 23.3. The summed E-state index contributed by atoms with van der Waals surface area (Å²) in [4.78, 5) is 15.1. The molecule has 3 rings (SSSR count). The number of anilines is 1. The molecule has 0 aliphatic heterocycles. The summed E-state index contributed by atoms with van der Waals surface area (Å²) in [5, 5.41) is 21.5. The van der Waals surface area contributed by atoms with E-state index in [1.165, 1.54) is 36.4 Å². The van der Waals surface area contributed by atoms with Crippen LogP contribution in [0.2, 0.25) is 0 Å². The average Bonchev–Trinajstić information content (AvgIpc) is 2.72. The fourth-order valence-electron chi connectivity index (χ4n) is 3.26. The van der Waals surface area contributed by atoms with Crippen molar-refractivity contribution in [2.45, 2.75) is 17.2 Å². The van der Waals surface area contributed by atoms with Gasteiger partial charge in [0.05, 0.1) is 10.6 Å². The van der Waals surface area contributed by atoms with Gasteiger partial charge in [0.25, 0.3) is 10.0 Å².